The molecule has 2 aromatic rings. The summed E-state index contributed by atoms with van der Waals surface area (Å²) in [6.45, 7) is 2.71. The maximum atomic E-state index is 5.85. The van der Waals surface area contributed by atoms with E-state index in [1.54, 1.807) is 11.7 Å². The SMILES string of the molecule is CCCOc1cc(Sc2nnnn2C)ccc1N. The number of tetrazole rings is 1. The van der Waals surface area contributed by atoms with Gasteiger partial charge < -0.3 is 10.5 Å². The molecular formula is C11H15N5OS. The van der Waals surface area contributed by atoms with E-state index in [0.717, 1.165) is 16.5 Å². The molecule has 0 bridgehead atoms. The molecule has 0 fully saturated rings. The first kappa shape index (κ1) is 12.7. The van der Waals surface area contributed by atoms with Crippen molar-refractivity contribution < 1.29 is 4.74 Å². The summed E-state index contributed by atoms with van der Waals surface area (Å²) in [6.07, 6.45) is 0.948. The highest BCUT2D eigenvalue weighted by atomic mass is 32.2. The molecule has 96 valence electrons. The van der Waals surface area contributed by atoms with E-state index >= 15 is 0 Å². The molecule has 0 spiro atoms. The molecule has 1 heterocycles. The van der Waals surface area contributed by atoms with Crippen molar-refractivity contribution in [1.29, 1.82) is 0 Å². The van der Waals surface area contributed by atoms with Gasteiger partial charge in [0.15, 0.2) is 0 Å². The van der Waals surface area contributed by atoms with Gasteiger partial charge in [0.1, 0.15) is 5.75 Å². The molecule has 0 atom stereocenters. The monoisotopic (exact) mass is 265 g/mol. The van der Waals surface area contributed by atoms with Crippen LogP contribution in [-0.2, 0) is 7.05 Å². The van der Waals surface area contributed by atoms with E-state index in [2.05, 4.69) is 22.4 Å². The quantitative estimate of drug-likeness (QED) is 0.829. The Morgan fingerprint density at radius 2 is 2.28 bits per heavy atom. The molecule has 1 aromatic carbocycles. The van der Waals surface area contributed by atoms with Crippen LogP contribution in [0, 0.1) is 0 Å². The van der Waals surface area contributed by atoms with Gasteiger partial charge >= 0.3 is 0 Å². The zero-order valence-electron chi connectivity index (χ0n) is 10.3. The first-order valence-corrected chi connectivity index (χ1v) is 6.45. The van der Waals surface area contributed by atoms with E-state index in [1.807, 2.05) is 18.2 Å². The minimum Gasteiger partial charge on any atom is -0.491 e. The summed E-state index contributed by atoms with van der Waals surface area (Å²) in [5.41, 5.74) is 6.50. The maximum absolute atomic E-state index is 5.85. The number of ether oxygens (including phenoxy) is 1. The number of hydrogen-bond donors (Lipinski definition) is 1. The minimum atomic E-state index is 0.642. The summed E-state index contributed by atoms with van der Waals surface area (Å²) in [5, 5.41) is 12.0. The van der Waals surface area contributed by atoms with Crippen molar-refractivity contribution in [3.05, 3.63) is 18.2 Å². The van der Waals surface area contributed by atoms with Crippen LogP contribution in [0.2, 0.25) is 0 Å². The summed E-state index contributed by atoms with van der Waals surface area (Å²) in [5.74, 6) is 0.706. The van der Waals surface area contributed by atoms with Gasteiger partial charge in [0, 0.05) is 11.9 Å². The molecule has 2 N–H and O–H groups in total. The second-order valence-corrected chi connectivity index (χ2v) is 4.78. The summed E-state index contributed by atoms with van der Waals surface area (Å²) in [6, 6.07) is 5.66. The molecule has 18 heavy (non-hydrogen) atoms. The lowest BCUT2D eigenvalue weighted by Gasteiger charge is -2.09. The number of hydrogen-bond acceptors (Lipinski definition) is 6. The highest BCUT2D eigenvalue weighted by Gasteiger charge is 2.07. The number of benzene rings is 1. The molecule has 0 aliphatic rings. The number of rotatable bonds is 5. The molecule has 7 heteroatoms. The van der Waals surface area contributed by atoms with Crippen LogP contribution in [-0.4, -0.2) is 26.8 Å². The number of nitrogen functional groups attached to an aromatic ring is 1. The summed E-state index contributed by atoms with van der Waals surface area (Å²) in [7, 11) is 1.80. The van der Waals surface area contributed by atoms with Crippen LogP contribution in [0.3, 0.4) is 0 Å². The molecule has 0 aliphatic heterocycles. The van der Waals surface area contributed by atoms with E-state index in [4.69, 9.17) is 10.5 Å². The van der Waals surface area contributed by atoms with Crippen molar-refractivity contribution in [2.75, 3.05) is 12.3 Å². The fourth-order valence-electron chi connectivity index (χ4n) is 1.33. The Morgan fingerprint density at radius 1 is 1.44 bits per heavy atom. The zero-order valence-corrected chi connectivity index (χ0v) is 11.1. The fraction of sp³-hybridized carbons (Fsp3) is 0.364. The lowest BCUT2D eigenvalue weighted by molar-refractivity contribution is 0.318. The lowest BCUT2D eigenvalue weighted by atomic mass is 10.3. The molecule has 0 saturated heterocycles. The first-order chi connectivity index (χ1) is 8.70. The van der Waals surface area contributed by atoms with Gasteiger partial charge in [-0.05, 0) is 46.8 Å². The van der Waals surface area contributed by atoms with Crippen LogP contribution in [0.5, 0.6) is 5.75 Å². The van der Waals surface area contributed by atoms with Gasteiger partial charge in [-0.15, -0.1) is 5.10 Å². The van der Waals surface area contributed by atoms with Gasteiger partial charge in [0.05, 0.1) is 12.3 Å². The molecule has 0 amide bonds. The Kier molecular flexibility index (Phi) is 4.03. The Hall–Kier alpha value is -1.76. The highest BCUT2D eigenvalue weighted by molar-refractivity contribution is 7.99. The Morgan fingerprint density at radius 3 is 2.94 bits per heavy atom. The van der Waals surface area contributed by atoms with Crippen LogP contribution >= 0.6 is 11.8 Å². The second-order valence-electron chi connectivity index (χ2n) is 3.74. The number of aryl methyl sites for hydroxylation is 1. The second kappa shape index (κ2) is 5.72. The Balaban J connectivity index is 2.16. The lowest BCUT2D eigenvalue weighted by Crippen LogP contribution is -1.99. The van der Waals surface area contributed by atoms with Gasteiger partial charge in [-0.1, -0.05) is 6.92 Å². The molecule has 0 aliphatic carbocycles. The summed E-state index contributed by atoms with van der Waals surface area (Å²) < 4.78 is 7.20. The summed E-state index contributed by atoms with van der Waals surface area (Å²) in [4.78, 5) is 0.994. The Bertz CT molecular complexity index is 528. The van der Waals surface area contributed by atoms with E-state index in [0.29, 0.717) is 18.0 Å². The third-order valence-electron chi connectivity index (χ3n) is 2.24. The van der Waals surface area contributed by atoms with Gasteiger partial charge in [-0.2, -0.15) is 0 Å². The number of nitrogens with two attached hydrogens (primary N) is 1. The normalized spacial score (nSPS) is 10.6. The number of aromatic nitrogens is 4. The molecule has 0 saturated carbocycles. The van der Waals surface area contributed by atoms with Crippen molar-refractivity contribution in [3.8, 4) is 5.75 Å². The number of anilines is 1. The van der Waals surface area contributed by atoms with Crippen molar-refractivity contribution in [3.63, 3.8) is 0 Å². The van der Waals surface area contributed by atoms with E-state index in [1.165, 1.54) is 11.8 Å². The van der Waals surface area contributed by atoms with Crippen LogP contribution in [0.15, 0.2) is 28.3 Å². The minimum absolute atomic E-state index is 0.642. The van der Waals surface area contributed by atoms with Crippen molar-refractivity contribution in [1.82, 2.24) is 20.2 Å². The smallest absolute Gasteiger partial charge is 0.213 e. The highest BCUT2D eigenvalue weighted by Crippen LogP contribution is 2.31. The van der Waals surface area contributed by atoms with Crippen LogP contribution in [0.25, 0.3) is 0 Å². The molecule has 6 nitrogen and oxygen atoms in total. The van der Waals surface area contributed by atoms with E-state index in [-0.39, 0.29) is 0 Å². The van der Waals surface area contributed by atoms with Crippen LogP contribution < -0.4 is 10.5 Å². The molecule has 0 unspecified atom stereocenters. The third-order valence-corrected chi connectivity index (χ3v) is 3.26. The summed E-state index contributed by atoms with van der Waals surface area (Å²) >= 11 is 1.47. The molecule has 1 aromatic heterocycles. The standard InChI is InChI=1S/C11H15N5OS/c1-3-6-17-10-7-8(4-5-9(10)12)18-11-13-14-15-16(11)2/h4-5,7H,3,6,12H2,1-2H3. The first-order valence-electron chi connectivity index (χ1n) is 5.63. The predicted molar refractivity (Wildman–Crippen MR) is 69.6 cm³/mol. The van der Waals surface area contributed by atoms with Crippen molar-refractivity contribution in [2.45, 2.75) is 23.4 Å². The van der Waals surface area contributed by atoms with E-state index in [9.17, 15) is 0 Å². The van der Waals surface area contributed by atoms with Gasteiger partial charge in [0.25, 0.3) is 0 Å². The molecule has 0 radical (unpaired) electrons. The van der Waals surface area contributed by atoms with Crippen molar-refractivity contribution in [2.24, 2.45) is 7.05 Å². The average molecular weight is 265 g/mol. The van der Waals surface area contributed by atoms with Crippen LogP contribution in [0.4, 0.5) is 5.69 Å². The van der Waals surface area contributed by atoms with Crippen molar-refractivity contribution >= 4 is 17.4 Å². The fourth-order valence-corrected chi connectivity index (χ4v) is 2.09. The van der Waals surface area contributed by atoms with E-state index < -0.39 is 0 Å². The maximum Gasteiger partial charge on any atom is 0.213 e. The van der Waals surface area contributed by atoms with Gasteiger partial charge in [-0.25, -0.2) is 4.68 Å². The number of nitrogens with zero attached hydrogens (tertiary/aromatic N) is 4. The largest absolute Gasteiger partial charge is 0.491 e. The van der Waals surface area contributed by atoms with Gasteiger partial charge in [0.2, 0.25) is 5.16 Å². The topological polar surface area (TPSA) is 78.9 Å². The zero-order chi connectivity index (χ0) is 13.0. The average Bonchev–Trinajstić information content (AvgIpc) is 2.76. The Labute approximate surface area is 110 Å². The molecular weight excluding hydrogens is 250 g/mol. The third kappa shape index (κ3) is 2.92. The predicted octanol–water partition coefficient (Wildman–Crippen LogP) is 1.73. The van der Waals surface area contributed by atoms with Gasteiger partial charge in [-0.3, -0.25) is 0 Å². The molecule has 2 rings (SSSR count). The van der Waals surface area contributed by atoms with Crippen LogP contribution in [0.1, 0.15) is 13.3 Å².